The average molecular weight is 366 g/mol. The number of thioether (sulfide) groups is 1. The van der Waals surface area contributed by atoms with E-state index in [9.17, 15) is 13.2 Å². The number of hydrogen-bond donors (Lipinski definition) is 0. The minimum absolute atomic E-state index is 0.0478. The van der Waals surface area contributed by atoms with Crippen LogP contribution in [0.3, 0.4) is 0 Å². The van der Waals surface area contributed by atoms with Gasteiger partial charge in [-0.15, -0.1) is 0 Å². The van der Waals surface area contributed by atoms with Crippen LogP contribution in [0.2, 0.25) is 0 Å². The Bertz CT molecular complexity index is 775. The van der Waals surface area contributed by atoms with Crippen LogP contribution in [0.5, 0.6) is 0 Å². The lowest BCUT2D eigenvalue weighted by molar-refractivity contribution is -0.0328. The summed E-state index contributed by atoms with van der Waals surface area (Å²) in [5, 5.41) is 0. The van der Waals surface area contributed by atoms with E-state index in [0.717, 1.165) is 48.3 Å². The molecule has 0 N–H and O–H groups in total. The Morgan fingerprint density at radius 2 is 2.04 bits per heavy atom. The predicted molar refractivity (Wildman–Crippen MR) is 96.7 cm³/mol. The van der Waals surface area contributed by atoms with Gasteiger partial charge in [-0.25, -0.2) is 0 Å². The topological polar surface area (TPSA) is 8.17 Å². The summed E-state index contributed by atoms with van der Waals surface area (Å²) in [6.07, 6.45) is 5.85. The number of alkyl halides is 3. The van der Waals surface area contributed by atoms with Crippen molar-refractivity contribution in [1.82, 2.24) is 9.47 Å². The number of fused-ring (bicyclic) bond motifs is 2. The number of nitrogens with zero attached hydrogens (tertiary/aromatic N) is 2. The first kappa shape index (κ1) is 18.1. The van der Waals surface area contributed by atoms with Gasteiger partial charge in [-0.1, -0.05) is 12.1 Å². The smallest absolute Gasteiger partial charge is 0.347 e. The highest BCUT2D eigenvalue weighted by atomic mass is 32.2. The van der Waals surface area contributed by atoms with Crippen molar-refractivity contribution in [3.8, 4) is 0 Å². The maximum absolute atomic E-state index is 12.8. The summed E-state index contributed by atoms with van der Waals surface area (Å²) >= 11 is -0.0478. The SMILES string of the molecule is CN(C)CC/C=C1\c2cc(SC(F)(F)F)ccc2CCn2cccc21. The molecule has 25 heavy (non-hydrogen) atoms. The normalized spacial score (nSPS) is 16.0. The van der Waals surface area contributed by atoms with Crippen molar-refractivity contribution in [2.75, 3.05) is 20.6 Å². The molecule has 0 spiro atoms. The maximum Gasteiger partial charge on any atom is 0.446 e. The van der Waals surface area contributed by atoms with Crippen molar-refractivity contribution in [2.45, 2.75) is 29.8 Å². The third-order valence-corrected chi connectivity index (χ3v) is 4.98. The first-order valence-electron chi connectivity index (χ1n) is 8.23. The fourth-order valence-corrected chi connectivity index (χ4v) is 3.72. The molecule has 0 saturated heterocycles. The van der Waals surface area contributed by atoms with E-state index >= 15 is 0 Å². The average Bonchev–Trinajstić information content (AvgIpc) is 2.91. The van der Waals surface area contributed by atoms with Crippen LogP contribution in [0, 0.1) is 0 Å². The molecule has 0 radical (unpaired) electrons. The van der Waals surface area contributed by atoms with E-state index in [2.05, 4.69) is 15.5 Å². The zero-order chi connectivity index (χ0) is 18.0. The molecule has 0 saturated carbocycles. The Morgan fingerprint density at radius 1 is 1.24 bits per heavy atom. The van der Waals surface area contributed by atoms with Gasteiger partial charge in [0.1, 0.15) is 0 Å². The summed E-state index contributed by atoms with van der Waals surface area (Å²) in [5.41, 5.74) is -0.138. The summed E-state index contributed by atoms with van der Waals surface area (Å²) in [5.74, 6) is 0. The molecule has 0 atom stereocenters. The summed E-state index contributed by atoms with van der Waals surface area (Å²) < 4.78 is 40.5. The molecule has 2 aromatic rings. The Balaban J connectivity index is 2.03. The van der Waals surface area contributed by atoms with E-state index in [1.165, 1.54) is 0 Å². The standard InChI is InChI=1S/C19H21F3N2S/c1-23(2)10-3-5-16-17-13-15(25-19(20,21)22)8-7-14(17)9-12-24-11-4-6-18(16)24/h4-8,11,13H,3,9-10,12H2,1-2H3/b16-5+. The monoisotopic (exact) mass is 366 g/mol. The summed E-state index contributed by atoms with van der Waals surface area (Å²) in [6.45, 7) is 1.74. The van der Waals surface area contributed by atoms with Crippen molar-refractivity contribution in [1.29, 1.82) is 0 Å². The summed E-state index contributed by atoms with van der Waals surface area (Å²) in [4.78, 5) is 2.34. The lowest BCUT2D eigenvalue weighted by atomic mass is 9.96. The first-order chi connectivity index (χ1) is 11.8. The third-order valence-electron chi connectivity index (χ3n) is 4.26. The van der Waals surface area contributed by atoms with Gasteiger partial charge in [0, 0.05) is 35.4 Å². The predicted octanol–water partition coefficient (Wildman–Crippen LogP) is 5.04. The van der Waals surface area contributed by atoms with Gasteiger partial charge in [-0.2, -0.15) is 13.2 Å². The largest absolute Gasteiger partial charge is 0.446 e. The van der Waals surface area contributed by atoms with Gasteiger partial charge in [0.2, 0.25) is 0 Å². The van der Waals surface area contributed by atoms with Gasteiger partial charge in [0.25, 0.3) is 0 Å². The zero-order valence-electron chi connectivity index (χ0n) is 14.3. The van der Waals surface area contributed by atoms with Gasteiger partial charge < -0.3 is 9.47 Å². The van der Waals surface area contributed by atoms with E-state index in [4.69, 9.17) is 0 Å². The van der Waals surface area contributed by atoms with Crippen LogP contribution < -0.4 is 0 Å². The molecular formula is C19H21F3N2S. The second kappa shape index (κ2) is 7.30. The first-order valence-corrected chi connectivity index (χ1v) is 9.04. The fourth-order valence-electron chi connectivity index (χ4n) is 3.14. The molecule has 2 nitrogen and oxygen atoms in total. The Labute approximate surface area is 150 Å². The Hall–Kier alpha value is -1.66. The Morgan fingerprint density at radius 3 is 2.76 bits per heavy atom. The number of aromatic nitrogens is 1. The van der Waals surface area contributed by atoms with E-state index < -0.39 is 5.51 Å². The van der Waals surface area contributed by atoms with Crippen molar-refractivity contribution in [3.63, 3.8) is 0 Å². The number of halogens is 3. The lowest BCUT2D eigenvalue weighted by Gasteiger charge is -2.14. The molecule has 0 bridgehead atoms. The quantitative estimate of drug-likeness (QED) is 0.701. The molecule has 0 aliphatic carbocycles. The molecule has 1 aliphatic heterocycles. The van der Waals surface area contributed by atoms with Crippen LogP contribution in [0.1, 0.15) is 23.2 Å². The number of aryl methyl sites for hydroxylation is 2. The molecule has 2 heterocycles. The van der Waals surface area contributed by atoms with Gasteiger partial charge in [0.15, 0.2) is 0 Å². The van der Waals surface area contributed by atoms with Crippen LogP contribution in [0.15, 0.2) is 47.5 Å². The molecule has 0 unspecified atom stereocenters. The zero-order valence-corrected chi connectivity index (χ0v) is 15.1. The van der Waals surface area contributed by atoms with Crippen LogP contribution >= 0.6 is 11.8 Å². The van der Waals surface area contributed by atoms with Crippen LogP contribution in [0.25, 0.3) is 5.57 Å². The highest BCUT2D eigenvalue weighted by Gasteiger charge is 2.30. The lowest BCUT2D eigenvalue weighted by Crippen LogP contribution is -2.12. The molecule has 1 aliphatic rings. The van der Waals surface area contributed by atoms with Crippen LogP contribution in [0.4, 0.5) is 13.2 Å². The van der Waals surface area contributed by atoms with Crippen molar-refractivity contribution < 1.29 is 13.2 Å². The second-order valence-corrected chi connectivity index (χ2v) is 7.55. The minimum Gasteiger partial charge on any atom is -0.347 e. The fraction of sp³-hybridized carbons (Fsp3) is 0.368. The van der Waals surface area contributed by atoms with Crippen molar-refractivity contribution in [3.05, 3.63) is 59.4 Å². The minimum atomic E-state index is -4.27. The van der Waals surface area contributed by atoms with E-state index in [0.29, 0.717) is 0 Å². The van der Waals surface area contributed by atoms with Crippen LogP contribution in [-0.4, -0.2) is 35.6 Å². The number of hydrogen-bond acceptors (Lipinski definition) is 2. The summed E-state index contributed by atoms with van der Waals surface area (Å²) in [7, 11) is 4.03. The molecule has 1 aromatic heterocycles. The number of benzene rings is 1. The molecule has 0 fully saturated rings. The molecule has 1 aromatic carbocycles. The molecule has 6 heteroatoms. The van der Waals surface area contributed by atoms with E-state index in [1.54, 1.807) is 12.1 Å². The van der Waals surface area contributed by atoms with Crippen molar-refractivity contribution >= 4 is 17.3 Å². The van der Waals surface area contributed by atoms with E-state index in [-0.39, 0.29) is 16.7 Å². The third kappa shape index (κ3) is 4.50. The van der Waals surface area contributed by atoms with Gasteiger partial charge in [0.05, 0.1) is 0 Å². The van der Waals surface area contributed by atoms with Crippen molar-refractivity contribution in [2.24, 2.45) is 0 Å². The molecular weight excluding hydrogens is 345 g/mol. The molecule has 0 amide bonds. The highest BCUT2D eigenvalue weighted by molar-refractivity contribution is 8.00. The van der Waals surface area contributed by atoms with Gasteiger partial charge in [-0.3, -0.25) is 0 Å². The Kier molecular flexibility index (Phi) is 5.29. The van der Waals surface area contributed by atoms with E-state index in [1.807, 2.05) is 38.5 Å². The number of rotatable bonds is 4. The van der Waals surface area contributed by atoms with Gasteiger partial charge in [-0.05, 0) is 74.1 Å². The maximum atomic E-state index is 12.8. The highest BCUT2D eigenvalue weighted by Crippen LogP contribution is 2.40. The molecule has 3 rings (SSSR count). The van der Waals surface area contributed by atoms with Crippen LogP contribution in [-0.2, 0) is 13.0 Å². The second-order valence-electron chi connectivity index (χ2n) is 6.41. The molecule has 134 valence electrons. The van der Waals surface area contributed by atoms with Gasteiger partial charge >= 0.3 is 5.51 Å². The summed E-state index contributed by atoms with van der Waals surface area (Å²) in [6, 6.07) is 9.15.